The van der Waals surface area contributed by atoms with Gasteiger partial charge in [0.25, 0.3) is 0 Å². The van der Waals surface area contributed by atoms with Crippen molar-refractivity contribution >= 4 is 54.0 Å². The molecule has 3 rings (SSSR count). The Kier molecular flexibility index (Phi) is 3.56. The van der Waals surface area contributed by atoms with Gasteiger partial charge in [-0.05, 0) is 32.0 Å². The molecule has 1 unspecified atom stereocenters. The maximum Gasteiger partial charge on any atom is 0.184 e. The first-order chi connectivity index (χ1) is 9.11. The van der Waals surface area contributed by atoms with Crippen LogP contribution in [-0.2, 0) is 0 Å². The number of nitrogens with one attached hydrogen (secondary N) is 1. The van der Waals surface area contributed by atoms with E-state index in [-0.39, 0.29) is 6.04 Å². The van der Waals surface area contributed by atoms with Crippen LogP contribution in [0.3, 0.4) is 0 Å². The Hall–Kier alpha value is -0.980. The number of benzene rings is 1. The van der Waals surface area contributed by atoms with Crippen molar-refractivity contribution in [2.75, 3.05) is 5.32 Å². The summed E-state index contributed by atoms with van der Waals surface area (Å²) in [5.41, 5.74) is 2.10. The number of aryl methyl sites for hydroxylation is 1. The lowest BCUT2D eigenvalue weighted by atomic mass is 10.3. The Balaban J connectivity index is 1.85. The molecule has 98 valence electrons. The van der Waals surface area contributed by atoms with E-state index in [9.17, 15) is 0 Å². The highest BCUT2D eigenvalue weighted by molar-refractivity contribution is 9.10. The monoisotopic (exact) mass is 353 g/mol. The predicted octanol–water partition coefficient (Wildman–Crippen LogP) is 5.00. The normalized spacial score (nSPS) is 12.8. The maximum atomic E-state index is 4.59. The minimum atomic E-state index is 0.183. The van der Waals surface area contributed by atoms with E-state index in [1.807, 2.05) is 19.1 Å². The topological polar surface area (TPSA) is 37.8 Å². The average Bonchev–Trinajstić information content (AvgIpc) is 2.94. The third-order valence-electron chi connectivity index (χ3n) is 2.70. The Bertz CT molecular complexity index is 720. The first-order valence-electron chi connectivity index (χ1n) is 5.86. The first kappa shape index (κ1) is 13.0. The summed E-state index contributed by atoms with van der Waals surface area (Å²) >= 11 is 6.83. The second-order valence-corrected chi connectivity index (χ2v) is 7.16. The number of fused-ring (bicyclic) bond motifs is 1. The van der Waals surface area contributed by atoms with Gasteiger partial charge in [-0.2, -0.15) is 0 Å². The van der Waals surface area contributed by atoms with Gasteiger partial charge in [0.2, 0.25) is 0 Å². The van der Waals surface area contributed by atoms with Crippen molar-refractivity contribution in [3.63, 3.8) is 0 Å². The van der Waals surface area contributed by atoms with Crippen molar-refractivity contribution in [2.45, 2.75) is 19.9 Å². The second kappa shape index (κ2) is 5.19. The molecule has 0 bridgehead atoms. The molecule has 0 fully saturated rings. The molecule has 0 spiro atoms. The molecular weight excluding hydrogens is 342 g/mol. The van der Waals surface area contributed by atoms with Crippen LogP contribution in [0.15, 0.2) is 28.1 Å². The van der Waals surface area contributed by atoms with Gasteiger partial charge < -0.3 is 5.32 Å². The fourth-order valence-corrected chi connectivity index (χ4v) is 4.09. The fourth-order valence-electron chi connectivity index (χ4n) is 1.78. The van der Waals surface area contributed by atoms with Crippen LogP contribution in [0.1, 0.15) is 23.7 Å². The summed E-state index contributed by atoms with van der Waals surface area (Å²) in [5.74, 6) is 0. The lowest BCUT2D eigenvalue weighted by molar-refractivity contribution is 0.862. The maximum absolute atomic E-state index is 4.59. The summed E-state index contributed by atoms with van der Waals surface area (Å²) in [6.45, 7) is 4.13. The third kappa shape index (κ3) is 2.80. The summed E-state index contributed by atoms with van der Waals surface area (Å²) in [6.07, 6.45) is 0. The molecule has 0 amide bonds. The largest absolute Gasteiger partial charge is 0.353 e. The molecule has 0 aliphatic heterocycles. The summed E-state index contributed by atoms with van der Waals surface area (Å²) < 4.78 is 2.26. The van der Waals surface area contributed by atoms with E-state index in [1.54, 1.807) is 22.7 Å². The van der Waals surface area contributed by atoms with E-state index in [1.165, 1.54) is 4.70 Å². The standard InChI is InChI=1S/C13H12BrN3S2/c1-7-6-18-12(15-7)8(2)16-13-17-10-4-3-9(14)5-11(10)19-13/h3-6,8H,1-2H3,(H,16,17). The van der Waals surface area contributed by atoms with E-state index >= 15 is 0 Å². The Morgan fingerprint density at radius 3 is 2.89 bits per heavy atom. The first-order valence-corrected chi connectivity index (χ1v) is 8.35. The molecular formula is C13H12BrN3S2. The van der Waals surface area contributed by atoms with Gasteiger partial charge in [0.05, 0.1) is 16.3 Å². The van der Waals surface area contributed by atoms with Crippen LogP contribution in [0, 0.1) is 6.92 Å². The fraction of sp³-hybridized carbons (Fsp3) is 0.231. The van der Waals surface area contributed by atoms with Gasteiger partial charge in [-0.25, -0.2) is 9.97 Å². The summed E-state index contributed by atoms with van der Waals surface area (Å²) in [6, 6.07) is 6.32. The van der Waals surface area contributed by atoms with E-state index in [0.717, 1.165) is 25.8 Å². The molecule has 3 aromatic rings. The summed E-state index contributed by atoms with van der Waals surface area (Å²) in [5, 5.41) is 7.53. The molecule has 19 heavy (non-hydrogen) atoms. The Morgan fingerprint density at radius 2 is 2.16 bits per heavy atom. The molecule has 0 aliphatic rings. The van der Waals surface area contributed by atoms with Gasteiger partial charge in [0.15, 0.2) is 5.13 Å². The number of hydrogen-bond donors (Lipinski definition) is 1. The molecule has 3 nitrogen and oxygen atoms in total. The zero-order chi connectivity index (χ0) is 13.4. The van der Waals surface area contributed by atoms with Crippen LogP contribution < -0.4 is 5.32 Å². The molecule has 0 saturated carbocycles. The van der Waals surface area contributed by atoms with Crippen molar-refractivity contribution in [3.05, 3.63) is 38.8 Å². The predicted molar refractivity (Wildman–Crippen MR) is 86.2 cm³/mol. The number of hydrogen-bond acceptors (Lipinski definition) is 5. The van der Waals surface area contributed by atoms with E-state index in [2.05, 4.69) is 49.6 Å². The lowest BCUT2D eigenvalue weighted by Crippen LogP contribution is -2.05. The van der Waals surface area contributed by atoms with E-state index < -0.39 is 0 Å². The molecule has 1 atom stereocenters. The molecule has 0 saturated heterocycles. The molecule has 0 radical (unpaired) electrons. The highest BCUT2D eigenvalue weighted by Gasteiger charge is 2.12. The second-order valence-electron chi connectivity index (χ2n) is 4.32. The molecule has 1 aromatic carbocycles. The minimum absolute atomic E-state index is 0.183. The van der Waals surface area contributed by atoms with Gasteiger partial charge in [-0.1, -0.05) is 27.3 Å². The van der Waals surface area contributed by atoms with E-state index in [4.69, 9.17) is 0 Å². The number of halogens is 1. The quantitative estimate of drug-likeness (QED) is 0.720. The number of rotatable bonds is 3. The molecule has 6 heteroatoms. The van der Waals surface area contributed by atoms with Crippen LogP contribution in [0.2, 0.25) is 0 Å². The Morgan fingerprint density at radius 1 is 1.32 bits per heavy atom. The summed E-state index contributed by atoms with van der Waals surface area (Å²) in [7, 11) is 0. The van der Waals surface area contributed by atoms with Gasteiger partial charge in [-0.3, -0.25) is 0 Å². The van der Waals surface area contributed by atoms with Crippen LogP contribution in [-0.4, -0.2) is 9.97 Å². The average molecular weight is 354 g/mol. The molecule has 1 N–H and O–H groups in total. The van der Waals surface area contributed by atoms with E-state index in [0.29, 0.717) is 0 Å². The number of anilines is 1. The van der Waals surface area contributed by atoms with Crippen LogP contribution in [0.5, 0.6) is 0 Å². The minimum Gasteiger partial charge on any atom is -0.353 e. The van der Waals surface area contributed by atoms with Crippen molar-refractivity contribution in [1.29, 1.82) is 0 Å². The highest BCUT2D eigenvalue weighted by Crippen LogP contribution is 2.31. The number of thiazole rings is 2. The molecule has 0 aliphatic carbocycles. The van der Waals surface area contributed by atoms with Gasteiger partial charge >= 0.3 is 0 Å². The lowest BCUT2D eigenvalue weighted by Gasteiger charge is -2.08. The highest BCUT2D eigenvalue weighted by atomic mass is 79.9. The zero-order valence-corrected chi connectivity index (χ0v) is 13.7. The SMILES string of the molecule is Cc1csc(C(C)Nc2nc3ccc(Br)cc3s2)n1. The van der Waals surface area contributed by atoms with Crippen molar-refractivity contribution < 1.29 is 0 Å². The smallest absolute Gasteiger partial charge is 0.184 e. The van der Waals surface area contributed by atoms with Crippen molar-refractivity contribution in [2.24, 2.45) is 0 Å². The summed E-state index contributed by atoms with van der Waals surface area (Å²) in [4.78, 5) is 9.09. The number of nitrogens with zero attached hydrogens (tertiary/aromatic N) is 2. The molecule has 2 aromatic heterocycles. The van der Waals surface area contributed by atoms with Crippen LogP contribution in [0.25, 0.3) is 10.2 Å². The van der Waals surface area contributed by atoms with Crippen LogP contribution in [0.4, 0.5) is 5.13 Å². The van der Waals surface area contributed by atoms with Gasteiger partial charge in [-0.15, -0.1) is 11.3 Å². The van der Waals surface area contributed by atoms with Gasteiger partial charge in [0.1, 0.15) is 5.01 Å². The Labute approximate surface area is 127 Å². The third-order valence-corrected chi connectivity index (χ3v) is 5.29. The molecule has 2 heterocycles. The number of aromatic nitrogens is 2. The van der Waals surface area contributed by atoms with Crippen molar-refractivity contribution in [1.82, 2.24) is 9.97 Å². The van der Waals surface area contributed by atoms with Crippen LogP contribution >= 0.6 is 38.6 Å². The zero-order valence-electron chi connectivity index (χ0n) is 10.5. The van der Waals surface area contributed by atoms with Crippen molar-refractivity contribution in [3.8, 4) is 0 Å². The van der Waals surface area contributed by atoms with Gasteiger partial charge in [0, 0.05) is 15.5 Å².